The Bertz CT molecular complexity index is 1380. The molecule has 7 nitrogen and oxygen atoms in total. The summed E-state index contributed by atoms with van der Waals surface area (Å²) in [6.07, 6.45) is -3.05. The van der Waals surface area contributed by atoms with Crippen molar-refractivity contribution in [3.05, 3.63) is 72.6 Å². The number of rotatable bonds is 6. The number of nitrogens with one attached hydrogen (secondary N) is 2. The maximum absolute atomic E-state index is 12.9. The Hall–Kier alpha value is -3.99. The molecule has 0 atom stereocenters. The first kappa shape index (κ1) is 24.1. The Kier molecular flexibility index (Phi) is 6.97. The number of hydrogen-bond acceptors (Lipinski definition) is 6. The van der Waals surface area contributed by atoms with Crippen molar-refractivity contribution in [2.75, 3.05) is 24.9 Å². The first-order valence-corrected chi connectivity index (χ1v) is 11.0. The summed E-state index contributed by atoms with van der Waals surface area (Å²) in [4.78, 5) is 21.8. The van der Waals surface area contributed by atoms with Gasteiger partial charge in [-0.25, -0.2) is 14.8 Å². The molecule has 0 unspecified atom stereocenters. The van der Waals surface area contributed by atoms with E-state index in [0.29, 0.717) is 27.7 Å². The van der Waals surface area contributed by atoms with E-state index in [-0.39, 0.29) is 5.69 Å². The molecule has 4 aromatic rings. The molecule has 180 valence electrons. The predicted octanol–water partition coefficient (Wildman–Crippen LogP) is 6.46. The smallest absolute Gasteiger partial charge is 0.416 e. The minimum absolute atomic E-state index is 0.0275. The van der Waals surface area contributed by atoms with Gasteiger partial charge in [-0.3, -0.25) is 0 Å². The minimum atomic E-state index is -4.50. The Morgan fingerprint density at radius 3 is 2.23 bits per heavy atom. The van der Waals surface area contributed by atoms with Crippen LogP contribution in [0, 0.1) is 0 Å². The van der Waals surface area contributed by atoms with Crippen LogP contribution in [0.3, 0.4) is 0 Å². The highest BCUT2D eigenvalue weighted by Crippen LogP contribution is 2.37. The van der Waals surface area contributed by atoms with Crippen LogP contribution in [0.5, 0.6) is 11.5 Å². The van der Waals surface area contributed by atoms with Gasteiger partial charge in [0.2, 0.25) is 0 Å². The number of anilines is 2. The maximum Gasteiger partial charge on any atom is 0.416 e. The Morgan fingerprint density at radius 1 is 0.886 bits per heavy atom. The average molecular weight is 501 g/mol. The standard InChI is InChI=1S/C24H19F3N4O3S/c1-33-20-11-18-19(12-21(20)34-2)28-13-29-22(18)35-17-8-4-7-16(10-17)31-23(32)30-15-6-3-5-14(9-15)24(25,26)27/h3-13H,1-2H3,(H2,30,31,32). The topological polar surface area (TPSA) is 85.4 Å². The lowest BCUT2D eigenvalue weighted by atomic mass is 10.2. The van der Waals surface area contributed by atoms with E-state index < -0.39 is 17.8 Å². The van der Waals surface area contributed by atoms with Crippen molar-refractivity contribution in [2.45, 2.75) is 16.1 Å². The molecule has 0 spiro atoms. The van der Waals surface area contributed by atoms with Crippen molar-refractivity contribution in [1.29, 1.82) is 0 Å². The lowest BCUT2D eigenvalue weighted by Gasteiger charge is -2.12. The number of benzene rings is 3. The highest BCUT2D eigenvalue weighted by Gasteiger charge is 2.30. The molecule has 3 aromatic carbocycles. The number of methoxy groups -OCH3 is 2. The van der Waals surface area contributed by atoms with Gasteiger partial charge in [0, 0.05) is 27.7 Å². The molecule has 0 fully saturated rings. The molecule has 0 bridgehead atoms. The van der Waals surface area contributed by atoms with Crippen molar-refractivity contribution < 1.29 is 27.4 Å². The summed E-state index contributed by atoms with van der Waals surface area (Å²) in [7, 11) is 3.09. The fourth-order valence-corrected chi connectivity index (χ4v) is 4.19. The van der Waals surface area contributed by atoms with Gasteiger partial charge in [-0.05, 0) is 42.5 Å². The van der Waals surface area contributed by atoms with Crippen molar-refractivity contribution >= 4 is 40.1 Å². The molecule has 1 heterocycles. The number of halogens is 3. The maximum atomic E-state index is 12.9. The number of urea groups is 1. The molecule has 4 rings (SSSR count). The third kappa shape index (κ3) is 5.75. The number of hydrogen-bond donors (Lipinski definition) is 2. The average Bonchev–Trinajstić information content (AvgIpc) is 2.83. The van der Waals surface area contributed by atoms with E-state index in [0.717, 1.165) is 22.4 Å². The summed E-state index contributed by atoms with van der Waals surface area (Å²) in [5.74, 6) is 1.09. The second-order valence-electron chi connectivity index (χ2n) is 7.19. The van der Waals surface area contributed by atoms with Crippen molar-refractivity contribution in [1.82, 2.24) is 9.97 Å². The molecule has 2 amide bonds. The van der Waals surface area contributed by atoms with Crippen LogP contribution in [0.25, 0.3) is 10.9 Å². The molecule has 1 aromatic heterocycles. The second-order valence-corrected chi connectivity index (χ2v) is 8.25. The van der Waals surface area contributed by atoms with E-state index in [4.69, 9.17) is 9.47 Å². The first-order valence-electron chi connectivity index (χ1n) is 10.2. The molecule has 0 aliphatic carbocycles. The van der Waals surface area contributed by atoms with Gasteiger partial charge in [-0.2, -0.15) is 13.2 Å². The van der Waals surface area contributed by atoms with Crippen LogP contribution in [0.4, 0.5) is 29.3 Å². The summed E-state index contributed by atoms with van der Waals surface area (Å²) >= 11 is 1.36. The van der Waals surface area contributed by atoms with Crippen LogP contribution in [-0.2, 0) is 6.18 Å². The predicted molar refractivity (Wildman–Crippen MR) is 127 cm³/mol. The molecule has 0 saturated carbocycles. The summed E-state index contributed by atoms with van der Waals surface area (Å²) in [5.41, 5.74) is 0.312. The van der Waals surface area contributed by atoms with Crippen LogP contribution in [-0.4, -0.2) is 30.2 Å². The van der Waals surface area contributed by atoms with E-state index in [9.17, 15) is 18.0 Å². The fourth-order valence-electron chi connectivity index (χ4n) is 3.26. The summed E-state index contributed by atoms with van der Waals surface area (Å²) in [6, 6.07) is 14.3. The molecule has 2 N–H and O–H groups in total. The van der Waals surface area contributed by atoms with Crippen molar-refractivity contribution in [3.63, 3.8) is 0 Å². The van der Waals surface area contributed by atoms with Crippen LogP contribution in [0.2, 0.25) is 0 Å². The van der Waals surface area contributed by atoms with Gasteiger partial charge in [0.15, 0.2) is 11.5 Å². The number of carbonyl (C=O) groups is 1. The normalized spacial score (nSPS) is 11.2. The molecule has 0 aliphatic heterocycles. The number of ether oxygens (including phenoxy) is 2. The van der Waals surface area contributed by atoms with Gasteiger partial charge in [-0.15, -0.1) is 0 Å². The van der Waals surface area contributed by atoms with Crippen LogP contribution in [0.15, 0.2) is 76.9 Å². The number of aromatic nitrogens is 2. The molecule has 35 heavy (non-hydrogen) atoms. The van der Waals surface area contributed by atoms with Crippen molar-refractivity contribution in [2.24, 2.45) is 0 Å². The van der Waals surface area contributed by atoms with Gasteiger partial charge in [-0.1, -0.05) is 23.9 Å². The van der Waals surface area contributed by atoms with E-state index in [1.165, 1.54) is 30.2 Å². The zero-order valence-electron chi connectivity index (χ0n) is 18.5. The highest BCUT2D eigenvalue weighted by atomic mass is 32.2. The Labute approximate surface area is 202 Å². The number of carbonyl (C=O) groups excluding carboxylic acids is 1. The number of fused-ring (bicyclic) bond motifs is 1. The molecule has 0 radical (unpaired) electrons. The SMILES string of the molecule is COc1cc2ncnc(Sc3cccc(NC(=O)Nc4cccc(C(F)(F)F)c4)c3)c2cc1OC. The quantitative estimate of drug-likeness (QED) is 0.296. The lowest BCUT2D eigenvalue weighted by Crippen LogP contribution is -2.19. The molecule has 11 heteroatoms. The van der Waals surface area contributed by atoms with Crippen LogP contribution < -0.4 is 20.1 Å². The molecule has 0 aliphatic rings. The van der Waals surface area contributed by atoms with Gasteiger partial charge >= 0.3 is 12.2 Å². The fraction of sp³-hybridized carbons (Fsp3) is 0.125. The van der Waals surface area contributed by atoms with Crippen LogP contribution in [0.1, 0.15) is 5.56 Å². The second kappa shape index (κ2) is 10.1. The van der Waals surface area contributed by atoms with E-state index in [1.807, 2.05) is 6.07 Å². The van der Waals surface area contributed by atoms with Gasteiger partial charge in [0.1, 0.15) is 11.4 Å². The van der Waals surface area contributed by atoms with E-state index in [2.05, 4.69) is 20.6 Å². The van der Waals surface area contributed by atoms with Crippen LogP contribution >= 0.6 is 11.8 Å². The summed E-state index contributed by atoms with van der Waals surface area (Å²) in [6.45, 7) is 0. The Morgan fingerprint density at radius 2 is 1.54 bits per heavy atom. The summed E-state index contributed by atoms with van der Waals surface area (Å²) in [5, 5.41) is 6.48. The summed E-state index contributed by atoms with van der Waals surface area (Å²) < 4.78 is 49.4. The van der Waals surface area contributed by atoms with E-state index in [1.54, 1.807) is 44.6 Å². The largest absolute Gasteiger partial charge is 0.493 e. The zero-order valence-corrected chi connectivity index (χ0v) is 19.3. The van der Waals surface area contributed by atoms with Gasteiger partial charge < -0.3 is 20.1 Å². The minimum Gasteiger partial charge on any atom is -0.493 e. The third-order valence-electron chi connectivity index (χ3n) is 4.86. The molecule has 0 saturated heterocycles. The lowest BCUT2D eigenvalue weighted by molar-refractivity contribution is -0.137. The Balaban J connectivity index is 1.51. The third-order valence-corrected chi connectivity index (χ3v) is 5.87. The zero-order chi connectivity index (χ0) is 25.0. The van der Waals surface area contributed by atoms with Crippen molar-refractivity contribution in [3.8, 4) is 11.5 Å². The van der Waals surface area contributed by atoms with Gasteiger partial charge in [0.05, 0.1) is 25.3 Å². The van der Waals surface area contributed by atoms with E-state index >= 15 is 0 Å². The first-order chi connectivity index (χ1) is 16.8. The number of alkyl halides is 3. The molecular formula is C24H19F3N4O3S. The highest BCUT2D eigenvalue weighted by molar-refractivity contribution is 7.99. The number of nitrogens with zero attached hydrogens (tertiary/aromatic N) is 2. The molecular weight excluding hydrogens is 481 g/mol. The number of amides is 2. The monoisotopic (exact) mass is 500 g/mol. The van der Waals surface area contributed by atoms with Gasteiger partial charge in [0.25, 0.3) is 0 Å².